The molecule has 0 aliphatic rings. The molecule has 1 heterocycles. The molecule has 0 radical (unpaired) electrons. The Hall–Kier alpha value is -0.954. The zero-order valence-corrected chi connectivity index (χ0v) is 18.1. The van der Waals surface area contributed by atoms with Crippen LogP contribution < -0.4 is 56.5 Å². The molecule has 4 nitrogen and oxygen atoms in total. The van der Waals surface area contributed by atoms with Gasteiger partial charge in [-0.25, -0.2) is 0 Å². The summed E-state index contributed by atoms with van der Waals surface area (Å²) in [6.45, 7) is 5.50. The van der Waals surface area contributed by atoms with Crippen molar-refractivity contribution in [2.75, 3.05) is 0 Å². The third kappa shape index (κ3) is 4.61. The van der Waals surface area contributed by atoms with E-state index in [0.717, 1.165) is 16.6 Å². The molecule has 0 bridgehead atoms. The third-order valence-electron chi connectivity index (χ3n) is 3.71. The molecule has 1 atom stereocenters. The van der Waals surface area contributed by atoms with Crippen molar-refractivity contribution in [2.45, 2.75) is 32.5 Å². The number of nitrogens with zero attached hydrogens (tertiary/aromatic N) is 1. The van der Waals surface area contributed by atoms with E-state index in [-0.39, 0.29) is 51.4 Å². The van der Waals surface area contributed by atoms with Crippen LogP contribution in [0.1, 0.15) is 32.6 Å². The molecule has 0 aliphatic carbocycles. The van der Waals surface area contributed by atoms with E-state index < -0.39 is 17.7 Å². The fraction of sp³-hybridized carbons (Fsp3) is 0.250. The summed E-state index contributed by atoms with van der Waals surface area (Å²) in [5, 5.41) is 12.7. The van der Waals surface area contributed by atoms with Gasteiger partial charge in [-0.15, -0.1) is 0 Å². The SMILES string of the molecule is CC(C)(C)OC(C(=O)[O-])c1cc2ccccc2n1-c1ccccc1.[K+]. The van der Waals surface area contributed by atoms with Gasteiger partial charge < -0.3 is 19.2 Å². The normalized spacial score (nSPS) is 12.6. The largest absolute Gasteiger partial charge is 1.00 e. The molecular formula is C20H20KNO3. The van der Waals surface area contributed by atoms with Crippen LogP contribution in [0.3, 0.4) is 0 Å². The van der Waals surface area contributed by atoms with Crippen LogP contribution in [0.5, 0.6) is 0 Å². The van der Waals surface area contributed by atoms with Crippen LogP contribution in [0, 0.1) is 0 Å². The Kier molecular flexibility index (Phi) is 6.65. The summed E-state index contributed by atoms with van der Waals surface area (Å²) in [7, 11) is 0. The van der Waals surface area contributed by atoms with Crippen molar-refractivity contribution in [1.82, 2.24) is 4.57 Å². The van der Waals surface area contributed by atoms with Crippen LogP contribution in [0.25, 0.3) is 16.6 Å². The number of ether oxygens (including phenoxy) is 1. The number of carboxylic acids is 1. The van der Waals surface area contributed by atoms with Gasteiger partial charge in [-0.1, -0.05) is 36.4 Å². The first kappa shape index (κ1) is 20.4. The molecule has 124 valence electrons. The number of carbonyl (C=O) groups is 1. The van der Waals surface area contributed by atoms with Gasteiger partial charge in [0.25, 0.3) is 0 Å². The maximum absolute atomic E-state index is 11.8. The first-order valence-corrected chi connectivity index (χ1v) is 7.91. The Morgan fingerprint density at radius 1 is 1.04 bits per heavy atom. The second-order valence-corrected chi connectivity index (χ2v) is 6.73. The number of benzene rings is 2. The van der Waals surface area contributed by atoms with Crippen molar-refractivity contribution >= 4 is 16.9 Å². The van der Waals surface area contributed by atoms with Gasteiger partial charge in [0.2, 0.25) is 0 Å². The number of carboxylic acid groups (broad SMARTS) is 1. The van der Waals surface area contributed by atoms with Crippen LogP contribution in [0.2, 0.25) is 0 Å². The molecule has 0 saturated carbocycles. The van der Waals surface area contributed by atoms with Gasteiger partial charge in [-0.3, -0.25) is 0 Å². The van der Waals surface area contributed by atoms with Gasteiger partial charge in [-0.2, -0.15) is 0 Å². The second kappa shape index (κ2) is 8.16. The number of aromatic nitrogens is 1. The van der Waals surface area contributed by atoms with Crippen molar-refractivity contribution < 1.29 is 66.0 Å². The number of para-hydroxylation sites is 2. The van der Waals surface area contributed by atoms with Gasteiger partial charge in [-0.05, 0) is 45.0 Å². The van der Waals surface area contributed by atoms with E-state index in [4.69, 9.17) is 4.74 Å². The summed E-state index contributed by atoms with van der Waals surface area (Å²) in [6.07, 6.45) is -1.15. The number of fused-ring (bicyclic) bond motifs is 1. The molecule has 0 spiro atoms. The Bertz CT molecular complexity index is 866. The molecule has 0 saturated heterocycles. The maximum Gasteiger partial charge on any atom is 1.00 e. The van der Waals surface area contributed by atoms with Crippen molar-refractivity contribution in [2.24, 2.45) is 0 Å². The minimum absolute atomic E-state index is 0. The fourth-order valence-electron chi connectivity index (χ4n) is 2.82. The van der Waals surface area contributed by atoms with Gasteiger partial charge >= 0.3 is 51.4 Å². The molecular weight excluding hydrogens is 341 g/mol. The summed E-state index contributed by atoms with van der Waals surface area (Å²) in [5.41, 5.74) is 1.76. The zero-order valence-electron chi connectivity index (χ0n) is 15.0. The standard InChI is InChI=1S/C20H21NO3.K/c1-20(2,3)24-18(19(22)23)17-13-14-9-7-8-12-16(14)21(17)15-10-5-4-6-11-15;/h4-13,18H,1-3H3,(H,22,23);/q;+1/p-1. The summed E-state index contributed by atoms with van der Waals surface area (Å²) in [4.78, 5) is 11.8. The average Bonchev–Trinajstić information content (AvgIpc) is 2.91. The second-order valence-electron chi connectivity index (χ2n) is 6.73. The molecule has 0 N–H and O–H groups in total. The van der Waals surface area contributed by atoms with Crippen molar-refractivity contribution in [3.8, 4) is 5.69 Å². The van der Waals surface area contributed by atoms with Crippen LogP contribution in [0.15, 0.2) is 60.7 Å². The summed E-state index contributed by atoms with van der Waals surface area (Å²) in [5.74, 6) is -1.25. The van der Waals surface area contributed by atoms with Gasteiger partial charge in [0, 0.05) is 11.1 Å². The van der Waals surface area contributed by atoms with E-state index in [1.807, 2.05) is 86.0 Å². The van der Waals surface area contributed by atoms with E-state index in [9.17, 15) is 9.90 Å². The fourth-order valence-corrected chi connectivity index (χ4v) is 2.82. The van der Waals surface area contributed by atoms with E-state index in [0.29, 0.717) is 5.69 Å². The number of aliphatic carboxylic acids is 1. The topological polar surface area (TPSA) is 54.3 Å². The number of hydrogen-bond donors (Lipinski definition) is 0. The third-order valence-corrected chi connectivity index (χ3v) is 3.71. The van der Waals surface area contributed by atoms with Crippen LogP contribution in [-0.4, -0.2) is 16.1 Å². The van der Waals surface area contributed by atoms with E-state index in [2.05, 4.69) is 0 Å². The Labute approximate surface area is 190 Å². The van der Waals surface area contributed by atoms with Crippen LogP contribution in [0.4, 0.5) is 0 Å². The predicted molar refractivity (Wildman–Crippen MR) is 91.9 cm³/mol. The van der Waals surface area contributed by atoms with Crippen LogP contribution >= 0.6 is 0 Å². The van der Waals surface area contributed by atoms with Crippen molar-refractivity contribution in [1.29, 1.82) is 0 Å². The number of hydrogen-bond acceptors (Lipinski definition) is 3. The van der Waals surface area contributed by atoms with E-state index in [1.165, 1.54) is 0 Å². The molecule has 0 aliphatic heterocycles. The first-order chi connectivity index (χ1) is 11.4. The molecule has 25 heavy (non-hydrogen) atoms. The molecule has 5 heteroatoms. The molecule has 3 rings (SSSR count). The predicted octanol–water partition coefficient (Wildman–Crippen LogP) is 0.241. The molecule has 2 aromatic carbocycles. The van der Waals surface area contributed by atoms with Crippen molar-refractivity contribution in [3.63, 3.8) is 0 Å². The Morgan fingerprint density at radius 3 is 2.24 bits per heavy atom. The Balaban J connectivity index is 0.00000225. The minimum atomic E-state index is -1.25. The van der Waals surface area contributed by atoms with Gasteiger partial charge in [0.15, 0.2) is 0 Å². The van der Waals surface area contributed by atoms with Crippen LogP contribution in [-0.2, 0) is 9.53 Å². The smallest absolute Gasteiger partial charge is 0.547 e. The first-order valence-electron chi connectivity index (χ1n) is 7.91. The molecule has 1 unspecified atom stereocenters. The van der Waals surface area contributed by atoms with Gasteiger partial charge in [0.05, 0.1) is 22.8 Å². The minimum Gasteiger partial charge on any atom is -0.547 e. The van der Waals surface area contributed by atoms with Crippen molar-refractivity contribution in [3.05, 3.63) is 66.4 Å². The maximum atomic E-state index is 11.8. The number of rotatable bonds is 4. The van der Waals surface area contributed by atoms with E-state index in [1.54, 1.807) is 0 Å². The molecule has 0 fully saturated rings. The number of carbonyl (C=O) groups excluding carboxylic acids is 1. The molecule has 0 amide bonds. The average molecular weight is 361 g/mol. The van der Waals surface area contributed by atoms with E-state index >= 15 is 0 Å². The quantitative estimate of drug-likeness (QED) is 0.626. The monoisotopic (exact) mass is 361 g/mol. The Morgan fingerprint density at radius 2 is 1.64 bits per heavy atom. The summed E-state index contributed by atoms with van der Waals surface area (Å²) >= 11 is 0. The molecule has 3 aromatic rings. The zero-order chi connectivity index (χ0) is 17.3. The molecule has 1 aromatic heterocycles. The summed E-state index contributed by atoms with van der Waals surface area (Å²) < 4.78 is 7.71. The summed E-state index contributed by atoms with van der Waals surface area (Å²) in [6, 6.07) is 19.3. The van der Waals surface area contributed by atoms with Gasteiger partial charge in [0.1, 0.15) is 6.10 Å².